The van der Waals surface area contributed by atoms with Gasteiger partial charge in [0.25, 0.3) is 11.8 Å². The highest BCUT2D eigenvalue weighted by Gasteiger charge is 2.51. The minimum atomic E-state index is -5.84. The first kappa shape index (κ1) is 51.5. The number of hydrogen-bond acceptors (Lipinski definition) is 10. The van der Waals surface area contributed by atoms with Crippen molar-refractivity contribution in [2.24, 2.45) is 5.41 Å². The Hall–Kier alpha value is -5.87. The van der Waals surface area contributed by atoms with E-state index in [0.717, 1.165) is 47.4 Å². The van der Waals surface area contributed by atoms with E-state index in [1.165, 1.54) is 21.9 Å². The molecule has 4 N–H and O–H groups in total. The summed E-state index contributed by atoms with van der Waals surface area (Å²) in [5, 5.41) is 5.34. The van der Waals surface area contributed by atoms with E-state index in [1.54, 1.807) is 37.8 Å². The Kier molecular flexibility index (Phi) is 15.3. The molecule has 16 nitrogen and oxygen atoms in total. The predicted molar refractivity (Wildman–Crippen MR) is 258 cm³/mol. The smallest absolute Gasteiger partial charge is 0.376 e. The van der Waals surface area contributed by atoms with Crippen molar-refractivity contribution < 1.29 is 61.4 Å². The summed E-state index contributed by atoms with van der Waals surface area (Å²) in [4.78, 5) is 104. The summed E-state index contributed by atoms with van der Waals surface area (Å²) in [6.45, 7) is 6.88. The van der Waals surface area contributed by atoms with E-state index in [9.17, 15) is 51.9 Å². The highest BCUT2D eigenvalue weighted by Crippen LogP contribution is 2.59. The van der Waals surface area contributed by atoms with Gasteiger partial charge in [0, 0.05) is 66.9 Å². The number of carbonyl (C=O) groups is 6. The standard InChI is InChI=1S/C51H56F2N5O11PS/c1-50(2,3)44(55-46(61)42-26-33-25-34(18-20-41(33)71-42)51(52,53)70(65,66)67)49(64)57-28-35(27-39(57)48(63)56-22-24-69-40(30-56)32-14-9-7-10-15-32)68-23-11-6-4-5-8-13-31-16-12-17-36-37(31)29-58(47(36)62)38-19-21-43(59)54-45(38)60/h7,9-10,12,14-18,20,25-26,35,38-40,44H,4-6,11,19,21-24,27-30H2,1-3H3,(H,55,61)(H,54,59,60)(H2,65,66,67)/t35-,38?,39+,40+,44-/m1/s1. The second-order valence-corrected chi connectivity index (χ2v) is 22.1. The molecule has 0 radical (unpaired) electrons. The molecule has 4 aliphatic rings. The van der Waals surface area contributed by atoms with Crippen LogP contribution in [0.1, 0.15) is 114 Å². The number of rotatable bonds is 14. The zero-order valence-electron chi connectivity index (χ0n) is 39.5. The quantitative estimate of drug-likeness (QED) is 0.0481. The van der Waals surface area contributed by atoms with Crippen molar-refractivity contribution in [2.45, 2.75) is 108 Å². The van der Waals surface area contributed by atoms with Gasteiger partial charge in [-0.2, -0.15) is 8.78 Å². The van der Waals surface area contributed by atoms with Crippen LogP contribution in [0.3, 0.4) is 0 Å². The minimum Gasteiger partial charge on any atom is -0.376 e. The molecule has 3 fully saturated rings. The normalized spacial score (nSPS) is 21.2. The number of hydrogen-bond donors (Lipinski definition) is 4. The molecule has 3 aromatic carbocycles. The maximum atomic E-state index is 14.8. The highest BCUT2D eigenvalue weighted by molar-refractivity contribution is 7.52. The predicted octanol–water partition coefficient (Wildman–Crippen LogP) is 6.23. The topological polar surface area (TPSA) is 212 Å². The molecular formula is C51H56F2N5O11PS. The number of nitrogens with zero attached hydrogens (tertiary/aromatic N) is 3. The number of morpholine rings is 1. The van der Waals surface area contributed by atoms with Gasteiger partial charge in [-0.15, -0.1) is 11.3 Å². The molecule has 0 bridgehead atoms. The third kappa shape index (κ3) is 11.3. The molecule has 376 valence electrons. The van der Waals surface area contributed by atoms with Gasteiger partial charge in [0.2, 0.25) is 23.6 Å². The van der Waals surface area contributed by atoms with Gasteiger partial charge < -0.3 is 39.3 Å². The van der Waals surface area contributed by atoms with Gasteiger partial charge in [-0.05, 0) is 71.5 Å². The van der Waals surface area contributed by atoms with Gasteiger partial charge in [-0.25, -0.2) is 0 Å². The van der Waals surface area contributed by atoms with Crippen LogP contribution in [0.4, 0.5) is 8.78 Å². The molecule has 71 heavy (non-hydrogen) atoms. The van der Waals surface area contributed by atoms with E-state index in [2.05, 4.69) is 22.5 Å². The molecule has 4 aliphatic heterocycles. The molecule has 5 heterocycles. The van der Waals surface area contributed by atoms with E-state index in [-0.39, 0.29) is 73.0 Å². The van der Waals surface area contributed by atoms with Crippen LogP contribution in [0, 0.1) is 17.3 Å². The number of amides is 6. The first-order chi connectivity index (χ1) is 33.7. The van der Waals surface area contributed by atoms with E-state index < -0.39 is 66.2 Å². The Balaban J connectivity index is 0.912. The van der Waals surface area contributed by atoms with E-state index in [1.807, 2.05) is 36.4 Å². The molecule has 8 rings (SSSR count). The Labute approximate surface area is 413 Å². The fraction of sp³-hybridized carbons (Fsp3) is 0.451. The Morgan fingerprint density at radius 2 is 1.77 bits per heavy atom. The summed E-state index contributed by atoms with van der Waals surface area (Å²) < 4.78 is 53.5. The van der Waals surface area contributed by atoms with Crippen molar-refractivity contribution in [1.29, 1.82) is 0 Å². The number of carbonyl (C=O) groups excluding carboxylic acids is 6. The molecule has 3 saturated heterocycles. The number of ether oxygens (including phenoxy) is 2. The maximum Gasteiger partial charge on any atom is 0.399 e. The van der Waals surface area contributed by atoms with Gasteiger partial charge >= 0.3 is 13.3 Å². The Morgan fingerprint density at radius 1 is 1.00 bits per heavy atom. The van der Waals surface area contributed by atoms with Crippen molar-refractivity contribution in [3.8, 4) is 11.8 Å². The Morgan fingerprint density at radius 3 is 2.51 bits per heavy atom. The summed E-state index contributed by atoms with van der Waals surface area (Å²) >= 11 is 0.969. The zero-order chi connectivity index (χ0) is 50.8. The second-order valence-electron chi connectivity index (χ2n) is 19.4. The first-order valence-electron chi connectivity index (χ1n) is 23.6. The van der Waals surface area contributed by atoms with Crippen molar-refractivity contribution in [1.82, 2.24) is 25.3 Å². The molecule has 4 aromatic rings. The van der Waals surface area contributed by atoms with Gasteiger partial charge in [0.15, 0.2) is 0 Å². The molecule has 5 atom stereocenters. The monoisotopic (exact) mass is 1020 g/mol. The number of alkyl halides is 2. The van der Waals surface area contributed by atoms with Crippen LogP contribution in [-0.2, 0) is 45.4 Å². The van der Waals surface area contributed by atoms with E-state index in [4.69, 9.17) is 9.47 Å². The van der Waals surface area contributed by atoms with Gasteiger partial charge in [0.1, 0.15) is 24.2 Å². The van der Waals surface area contributed by atoms with Gasteiger partial charge in [-0.3, -0.25) is 38.6 Å². The highest BCUT2D eigenvalue weighted by atomic mass is 32.1. The summed E-state index contributed by atoms with van der Waals surface area (Å²) in [5.74, 6) is 3.91. The van der Waals surface area contributed by atoms with E-state index in [0.29, 0.717) is 48.4 Å². The number of imide groups is 1. The van der Waals surface area contributed by atoms with E-state index >= 15 is 0 Å². The van der Waals surface area contributed by atoms with Gasteiger partial charge in [0.05, 0.1) is 24.1 Å². The van der Waals surface area contributed by atoms with Crippen LogP contribution < -0.4 is 10.6 Å². The summed E-state index contributed by atoms with van der Waals surface area (Å²) in [5.41, 5.74) is -3.32. The number of nitrogens with one attached hydrogen (secondary N) is 2. The molecule has 0 spiro atoms. The largest absolute Gasteiger partial charge is 0.399 e. The van der Waals surface area contributed by atoms with Crippen LogP contribution >= 0.6 is 18.9 Å². The zero-order valence-corrected chi connectivity index (χ0v) is 41.2. The molecule has 0 aliphatic carbocycles. The lowest BCUT2D eigenvalue weighted by atomic mass is 9.85. The average molecular weight is 1020 g/mol. The lowest BCUT2D eigenvalue weighted by molar-refractivity contribution is -0.150. The fourth-order valence-electron chi connectivity index (χ4n) is 9.46. The Bertz CT molecular complexity index is 2840. The number of halogens is 2. The first-order valence-corrected chi connectivity index (χ1v) is 26.1. The number of unbranched alkanes of at least 4 members (excludes halogenated alkanes) is 3. The van der Waals surface area contributed by atoms with Crippen LogP contribution in [0.2, 0.25) is 0 Å². The average Bonchev–Trinajstić information content (AvgIpc) is 4.06. The minimum absolute atomic E-state index is 0.0821. The number of fused-ring (bicyclic) bond motifs is 2. The lowest BCUT2D eigenvalue weighted by Crippen LogP contribution is -2.58. The molecule has 6 amide bonds. The summed E-state index contributed by atoms with van der Waals surface area (Å²) in [7, 11) is -5.84. The number of piperidine rings is 1. The number of benzene rings is 3. The fourth-order valence-corrected chi connectivity index (χ4v) is 10.9. The van der Waals surface area contributed by atoms with Crippen LogP contribution in [0.25, 0.3) is 10.1 Å². The molecule has 20 heteroatoms. The second kappa shape index (κ2) is 21.1. The van der Waals surface area contributed by atoms with Gasteiger partial charge in [-0.1, -0.05) is 81.5 Å². The van der Waals surface area contributed by atoms with Crippen LogP contribution in [0.5, 0.6) is 0 Å². The van der Waals surface area contributed by atoms with Crippen molar-refractivity contribution >= 4 is 64.5 Å². The maximum absolute atomic E-state index is 14.8. The molecule has 1 unspecified atom stereocenters. The third-order valence-electron chi connectivity index (χ3n) is 13.3. The molecular weight excluding hydrogens is 960 g/mol. The SMILES string of the molecule is CC(C)(C)[C@H](NC(=O)c1cc2cc(C(F)(F)P(=O)(O)O)ccc2s1)C(=O)N1C[C@H](OCCCCCC#Cc2cccc3c2CN(C2CCC(=O)NC2=O)C3=O)C[C@H]1C(=O)N1CCO[C@H](c2ccccc2)C1. The third-order valence-corrected chi connectivity index (χ3v) is 15.4. The summed E-state index contributed by atoms with van der Waals surface area (Å²) in [6, 6.07) is 16.5. The molecule has 0 saturated carbocycles. The van der Waals surface area contributed by atoms with Crippen LogP contribution in [0.15, 0.2) is 72.8 Å². The van der Waals surface area contributed by atoms with Crippen molar-refractivity contribution in [2.75, 3.05) is 32.8 Å². The molecule has 1 aromatic heterocycles. The van der Waals surface area contributed by atoms with Crippen LogP contribution in [-0.4, -0.2) is 117 Å². The van der Waals surface area contributed by atoms with Crippen molar-refractivity contribution in [3.05, 3.63) is 105 Å². The van der Waals surface area contributed by atoms with Crippen molar-refractivity contribution in [3.63, 3.8) is 0 Å². The summed E-state index contributed by atoms with van der Waals surface area (Å²) in [6.07, 6.45) is 2.59. The number of likely N-dealkylation sites (tertiary alicyclic amines) is 1. The number of thiophene rings is 1. The lowest BCUT2D eigenvalue weighted by Gasteiger charge is -2.38.